The van der Waals surface area contributed by atoms with Gasteiger partial charge in [-0.25, -0.2) is 0 Å². The Morgan fingerprint density at radius 1 is 0.727 bits per heavy atom. The summed E-state index contributed by atoms with van der Waals surface area (Å²) in [6.45, 7) is 2.25. The van der Waals surface area contributed by atoms with E-state index in [4.69, 9.17) is 5.73 Å². The number of unbranched alkanes of at least 4 members (excludes halogenated alkanes) is 10. The minimum atomic E-state index is -0.164. The van der Waals surface area contributed by atoms with Crippen LogP contribution in [0.5, 0.6) is 0 Å². The fourth-order valence-corrected chi connectivity index (χ4v) is 2.46. The first-order chi connectivity index (χ1) is 10.8. The second-order valence-electron chi connectivity index (χ2n) is 6.15. The van der Waals surface area contributed by atoms with Gasteiger partial charge in [0.1, 0.15) is 0 Å². The van der Waals surface area contributed by atoms with E-state index in [0.717, 1.165) is 19.3 Å². The van der Waals surface area contributed by atoms with Crippen LogP contribution in [0, 0.1) is 0 Å². The fourth-order valence-electron chi connectivity index (χ4n) is 2.46. The molecule has 0 aliphatic rings. The van der Waals surface area contributed by atoms with E-state index >= 15 is 0 Å². The third kappa shape index (κ3) is 18.9. The standard InChI is InChI=1S/C20H37NO/c1-2-3-4-5-6-7-8-9-10-11-12-13-14-15-16-17-18-19-20(21)22/h6-7,9-10H,2-5,8,11-19H2,1H3,(H2,21,22). The molecule has 0 rings (SSSR count). The highest BCUT2D eigenvalue weighted by Gasteiger charge is 1.94. The number of primary amides is 1. The van der Waals surface area contributed by atoms with Gasteiger partial charge in [0, 0.05) is 6.42 Å². The number of hydrogen-bond acceptors (Lipinski definition) is 1. The third-order valence-corrected chi connectivity index (χ3v) is 3.87. The number of rotatable bonds is 16. The van der Waals surface area contributed by atoms with E-state index < -0.39 is 0 Å². The zero-order chi connectivity index (χ0) is 16.3. The number of amides is 1. The van der Waals surface area contributed by atoms with Gasteiger partial charge in [-0.2, -0.15) is 0 Å². The predicted molar refractivity (Wildman–Crippen MR) is 97.8 cm³/mol. The molecule has 0 spiro atoms. The summed E-state index contributed by atoms with van der Waals surface area (Å²) in [5.41, 5.74) is 5.11. The summed E-state index contributed by atoms with van der Waals surface area (Å²) in [6.07, 6.45) is 25.9. The van der Waals surface area contributed by atoms with Crippen LogP contribution < -0.4 is 5.73 Å². The van der Waals surface area contributed by atoms with E-state index in [0.29, 0.717) is 6.42 Å². The average Bonchev–Trinajstić information content (AvgIpc) is 2.50. The van der Waals surface area contributed by atoms with Crippen molar-refractivity contribution in [2.75, 3.05) is 0 Å². The van der Waals surface area contributed by atoms with Crippen LogP contribution in [0.4, 0.5) is 0 Å². The topological polar surface area (TPSA) is 43.1 Å². The maximum atomic E-state index is 10.6. The highest BCUT2D eigenvalue weighted by molar-refractivity contribution is 5.73. The van der Waals surface area contributed by atoms with Gasteiger partial charge < -0.3 is 5.73 Å². The van der Waals surface area contributed by atoms with Crippen LogP contribution >= 0.6 is 0 Å². The molecule has 2 N–H and O–H groups in total. The monoisotopic (exact) mass is 307 g/mol. The Hall–Kier alpha value is -1.05. The highest BCUT2D eigenvalue weighted by atomic mass is 16.1. The van der Waals surface area contributed by atoms with Crippen molar-refractivity contribution in [3.63, 3.8) is 0 Å². The van der Waals surface area contributed by atoms with Crippen LogP contribution in [0.3, 0.4) is 0 Å². The third-order valence-electron chi connectivity index (χ3n) is 3.87. The first kappa shape index (κ1) is 20.9. The van der Waals surface area contributed by atoms with Crippen molar-refractivity contribution in [1.82, 2.24) is 0 Å². The molecule has 0 radical (unpaired) electrons. The Morgan fingerprint density at radius 3 is 1.77 bits per heavy atom. The summed E-state index contributed by atoms with van der Waals surface area (Å²) in [5.74, 6) is -0.164. The lowest BCUT2D eigenvalue weighted by Crippen LogP contribution is -2.09. The second-order valence-corrected chi connectivity index (χ2v) is 6.15. The summed E-state index contributed by atoms with van der Waals surface area (Å²) in [5, 5.41) is 0. The normalized spacial score (nSPS) is 11.7. The van der Waals surface area contributed by atoms with Gasteiger partial charge in [0.25, 0.3) is 0 Å². The molecule has 0 saturated heterocycles. The van der Waals surface area contributed by atoms with Gasteiger partial charge in [-0.15, -0.1) is 0 Å². The van der Waals surface area contributed by atoms with E-state index in [1.54, 1.807) is 0 Å². The lowest BCUT2D eigenvalue weighted by atomic mass is 10.1. The lowest BCUT2D eigenvalue weighted by Gasteiger charge is -2.00. The van der Waals surface area contributed by atoms with Crippen LogP contribution in [0.1, 0.15) is 96.8 Å². The van der Waals surface area contributed by atoms with Crippen molar-refractivity contribution in [1.29, 1.82) is 0 Å². The molecule has 0 aliphatic heterocycles. The molecule has 128 valence electrons. The van der Waals surface area contributed by atoms with Crippen LogP contribution in [0.25, 0.3) is 0 Å². The van der Waals surface area contributed by atoms with Gasteiger partial charge in [-0.3, -0.25) is 4.79 Å². The molecule has 0 heterocycles. The summed E-state index contributed by atoms with van der Waals surface area (Å²) in [6, 6.07) is 0. The number of carbonyl (C=O) groups excluding carboxylic acids is 1. The summed E-state index contributed by atoms with van der Waals surface area (Å²) in [7, 11) is 0. The maximum absolute atomic E-state index is 10.6. The summed E-state index contributed by atoms with van der Waals surface area (Å²) < 4.78 is 0. The minimum Gasteiger partial charge on any atom is -0.370 e. The van der Waals surface area contributed by atoms with E-state index in [1.165, 1.54) is 64.2 Å². The summed E-state index contributed by atoms with van der Waals surface area (Å²) >= 11 is 0. The van der Waals surface area contributed by atoms with Gasteiger partial charge in [0.2, 0.25) is 5.91 Å². The summed E-state index contributed by atoms with van der Waals surface area (Å²) in [4.78, 5) is 10.6. The van der Waals surface area contributed by atoms with Crippen molar-refractivity contribution in [2.24, 2.45) is 5.73 Å². The number of nitrogens with two attached hydrogens (primary N) is 1. The molecule has 0 fully saturated rings. The van der Waals surface area contributed by atoms with Crippen molar-refractivity contribution in [3.05, 3.63) is 24.3 Å². The van der Waals surface area contributed by atoms with Gasteiger partial charge in [-0.05, 0) is 38.5 Å². The Kier molecular flexibility index (Phi) is 17.1. The van der Waals surface area contributed by atoms with E-state index in [1.807, 2.05) is 0 Å². The average molecular weight is 308 g/mol. The molecule has 0 unspecified atom stereocenters. The molecule has 2 nitrogen and oxygen atoms in total. The van der Waals surface area contributed by atoms with Crippen LogP contribution in [0.15, 0.2) is 24.3 Å². The van der Waals surface area contributed by atoms with Crippen molar-refractivity contribution < 1.29 is 4.79 Å². The van der Waals surface area contributed by atoms with Crippen molar-refractivity contribution in [3.8, 4) is 0 Å². The SMILES string of the molecule is CCCCCC=CCC=CCCCCCCCCCC(N)=O. The number of hydrogen-bond donors (Lipinski definition) is 1. The largest absolute Gasteiger partial charge is 0.370 e. The van der Waals surface area contributed by atoms with Gasteiger partial charge in [0.05, 0.1) is 0 Å². The smallest absolute Gasteiger partial charge is 0.217 e. The van der Waals surface area contributed by atoms with E-state index in [9.17, 15) is 4.79 Å². The molecule has 22 heavy (non-hydrogen) atoms. The van der Waals surface area contributed by atoms with Gasteiger partial charge in [-0.1, -0.05) is 76.2 Å². The van der Waals surface area contributed by atoms with Crippen molar-refractivity contribution in [2.45, 2.75) is 96.8 Å². The van der Waals surface area contributed by atoms with Crippen LogP contribution in [-0.4, -0.2) is 5.91 Å². The molecule has 0 aromatic heterocycles. The molecule has 0 aromatic carbocycles. The molecule has 0 aromatic rings. The molecular weight excluding hydrogens is 270 g/mol. The zero-order valence-corrected chi connectivity index (χ0v) is 14.7. The highest BCUT2D eigenvalue weighted by Crippen LogP contribution is 2.10. The van der Waals surface area contributed by atoms with E-state index in [-0.39, 0.29) is 5.91 Å². The Labute approximate surface area is 138 Å². The van der Waals surface area contributed by atoms with Gasteiger partial charge in [0.15, 0.2) is 0 Å². The lowest BCUT2D eigenvalue weighted by molar-refractivity contribution is -0.118. The first-order valence-corrected chi connectivity index (χ1v) is 9.35. The fraction of sp³-hybridized carbons (Fsp3) is 0.750. The van der Waals surface area contributed by atoms with Crippen molar-refractivity contribution >= 4 is 5.91 Å². The second kappa shape index (κ2) is 18.0. The van der Waals surface area contributed by atoms with Gasteiger partial charge >= 0.3 is 0 Å². The molecule has 2 heteroatoms. The number of allylic oxidation sites excluding steroid dienone is 4. The molecule has 0 aliphatic carbocycles. The molecule has 0 bridgehead atoms. The minimum absolute atomic E-state index is 0.164. The zero-order valence-electron chi connectivity index (χ0n) is 14.7. The van der Waals surface area contributed by atoms with E-state index in [2.05, 4.69) is 31.2 Å². The Bertz CT molecular complexity index is 294. The molecule has 0 saturated carbocycles. The molecule has 1 amide bonds. The Balaban J connectivity index is 3.15. The predicted octanol–water partition coefficient (Wildman–Crippen LogP) is 6.07. The quantitative estimate of drug-likeness (QED) is 0.273. The van der Waals surface area contributed by atoms with Crippen LogP contribution in [-0.2, 0) is 4.79 Å². The number of carbonyl (C=O) groups is 1. The Morgan fingerprint density at radius 2 is 1.23 bits per heavy atom. The van der Waals surface area contributed by atoms with Crippen LogP contribution in [0.2, 0.25) is 0 Å². The first-order valence-electron chi connectivity index (χ1n) is 9.35. The maximum Gasteiger partial charge on any atom is 0.217 e. The molecular formula is C20H37NO. The molecule has 0 atom stereocenters.